The van der Waals surface area contributed by atoms with Crippen molar-refractivity contribution in [2.75, 3.05) is 7.11 Å². The standard InChI is InChI=1S/C17H15F3N2O/c1-22-13-7-4-8-14(23-2)16(13)21-15(22)10-11-5-3-6-12(9-11)17(18,19)20/h3-9H,10H2,1-2H3. The largest absolute Gasteiger partial charge is 0.494 e. The van der Waals surface area contributed by atoms with Crippen LogP contribution in [0, 0.1) is 0 Å². The van der Waals surface area contributed by atoms with Crippen molar-refractivity contribution in [3.8, 4) is 5.75 Å². The highest BCUT2D eigenvalue weighted by molar-refractivity contribution is 5.82. The summed E-state index contributed by atoms with van der Waals surface area (Å²) in [4.78, 5) is 4.53. The fourth-order valence-electron chi connectivity index (χ4n) is 2.60. The highest BCUT2D eigenvalue weighted by Gasteiger charge is 2.30. The first-order valence-electron chi connectivity index (χ1n) is 7.04. The van der Waals surface area contributed by atoms with Crippen LogP contribution in [0.3, 0.4) is 0 Å². The van der Waals surface area contributed by atoms with Crippen molar-refractivity contribution in [3.63, 3.8) is 0 Å². The second-order valence-corrected chi connectivity index (χ2v) is 5.29. The minimum atomic E-state index is -4.34. The van der Waals surface area contributed by atoms with Gasteiger partial charge < -0.3 is 9.30 Å². The molecule has 1 aromatic heterocycles. The summed E-state index contributed by atoms with van der Waals surface area (Å²) in [6.45, 7) is 0. The van der Waals surface area contributed by atoms with Gasteiger partial charge in [0.1, 0.15) is 17.1 Å². The fraction of sp³-hybridized carbons (Fsp3) is 0.235. The molecule has 0 bridgehead atoms. The number of nitrogens with zero attached hydrogens (tertiary/aromatic N) is 2. The maximum Gasteiger partial charge on any atom is 0.416 e. The van der Waals surface area contributed by atoms with Crippen LogP contribution in [0.2, 0.25) is 0 Å². The monoisotopic (exact) mass is 320 g/mol. The Morgan fingerprint density at radius 1 is 1.13 bits per heavy atom. The Morgan fingerprint density at radius 2 is 1.87 bits per heavy atom. The molecular weight excluding hydrogens is 305 g/mol. The van der Waals surface area contributed by atoms with E-state index in [1.165, 1.54) is 6.07 Å². The molecule has 3 rings (SSSR count). The average Bonchev–Trinajstić information content (AvgIpc) is 2.83. The van der Waals surface area contributed by atoms with Gasteiger partial charge in [-0.25, -0.2) is 4.98 Å². The van der Waals surface area contributed by atoms with Crippen LogP contribution < -0.4 is 4.74 Å². The van der Waals surface area contributed by atoms with Crippen molar-refractivity contribution in [3.05, 3.63) is 59.4 Å². The highest BCUT2D eigenvalue weighted by Crippen LogP contribution is 2.30. The molecule has 6 heteroatoms. The molecule has 3 nitrogen and oxygen atoms in total. The van der Waals surface area contributed by atoms with E-state index in [0.717, 1.165) is 17.6 Å². The van der Waals surface area contributed by atoms with E-state index in [0.29, 0.717) is 29.1 Å². The zero-order valence-electron chi connectivity index (χ0n) is 12.7. The van der Waals surface area contributed by atoms with Crippen molar-refractivity contribution < 1.29 is 17.9 Å². The van der Waals surface area contributed by atoms with Crippen molar-refractivity contribution >= 4 is 11.0 Å². The normalized spacial score (nSPS) is 11.9. The number of para-hydroxylation sites is 1. The molecule has 120 valence electrons. The van der Waals surface area contributed by atoms with E-state index in [-0.39, 0.29) is 0 Å². The Morgan fingerprint density at radius 3 is 2.57 bits per heavy atom. The molecule has 0 aliphatic rings. The van der Waals surface area contributed by atoms with Crippen molar-refractivity contribution in [2.24, 2.45) is 7.05 Å². The Balaban J connectivity index is 2.01. The van der Waals surface area contributed by atoms with Gasteiger partial charge in [-0.05, 0) is 23.8 Å². The summed E-state index contributed by atoms with van der Waals surface area (Å²) in [6.07, 6.45) is -4.02. The Bertz CT molecular complexity index is 853. The third-order valence-corrected chi connectivity index (χ3v) is 3.80. The second kappa shape index (κ2) is 5.61. The van der Waals surface area contributed by atoms with E-state index < -0.39 is 11.7 Å². The van der Waals surface area contributed by atoms with E-state index in [2.05, 4.69) is 4.98 Å². The quantitative estimate of drug-likeness (QED) is 0.723. The number of hydrogen-bond donors (Lipinski definition) is 0. The van der Waals surface area contributed by atoms with Crippen LogP contribution >= 0.6 is 0 Å². The SMILES string of the molecule is COc1cccc2c1nc(Cc1cccc(C(F)(F)F)c1)n2C. The molecule has 0 aliphatic heterocycles. The minimum Gasteiger partial charge on any atom is -0.494 e. The van der Waals surface area contributed by atoms with Gasteiger partial charge in [0.2, 0.25) is 0 Å². The number of alkyl halides is 3. The number of ether oxygens (including phenoxy) is 1. The van der Waals surface area contributed by atoms with E-state index in [4.69, 9.17) is 4.74 Å². The number of aryl methyl sites for hydroxylation is 1. The number of benzene rings is 2. The topological polar surface area (TPSA) is 27.1 Å². The molecule has 0 atom stereocenters. The maximum absolute atomic E-state index is 12.8. The lowest BCUT2D eigenvalue weighted by atomic mass is 10.1. The number of imidazole rings is 1. The second-order valence-electron chi connectivity index (χ2n) is 5.29. The molecule has 0 spiro atoms. The number of fused-ring (bicyclic) bond motifs is 1. The summed E-state index contributed by atoms with van der Waals surface area (Å²) in [5.74, 6) is 1.33. The fourth-order valence-corrected chi connectivity index (χ4v) is 2.60. The third-order valence-electron chi connectivity index (χ3n) is 3.80. The van der Waals surface area contributed by atoms with Gasteiger partial charge in [-0.15, -0.1) is 0 Å². The first-order valence-corrected chi connectivity index (χ1v) is 7.04. The number of methoxy groups -OCH3 is 1. The molecule has 0 N–H and O–H groups in total. The third kappa shape index (κ3) is 2.88. The summed E-state index contributed by atoms with van der Waals surface area (Å²) in [7, 11) is 3.41. The molecule has 0 aliphatic carbocycles. The van der Waals surface area contributed by atoms with Gasteiger partial charge in [0.15, 0.2) is 0 Å². The van der Waals surface area contributed by atoms with Crippen LogP contribution in [0.4, 0.5) is 13.2 Å². The molecule has 0 fully saturated rings. The van der Waals surface area contributed by atoms with Crippen LogP contribution in [-0.2, 0) is 19.6 Å². The molecule has 0 unspecified atom stereocenters. The summed E-state index contributed by atoms with van der Waals surface area (Å²) in [5.41, 5.74) is 1.51. The number of halogens is 3. The van der Waals surface area contributed by atoms with Crippen molar-refractivity contribution in [2.45, 2.75) is 12.6 Å². The first-order chi connectivity index (χ1) is 10.9. The van der Waals surface area contributed by atoms with Crippen LogP contribution in [0.15, 0.2) is 42.5 Å². The van der Waals surface area contributed by atoms with Gasteiger partial charge in [0.25, 0.3) is 0 Å². The van der Waals surface area contributed by atoms with Crippen LogP contribution in [-0.4, -0.2) is 16.7 Å². The molecule has 23 heavy (non-hydrogen) atoms. The molecule has 0 radical (unpaired) electrons. The minimum absolute atomic E-state index is 0.318. The van der Waals surface area contributed by atoms with Gasteiger partial charge in [-0.2, -0.15) is 13.2 Å². The van der Waals surface area contributed by atoms with Gasteiger partial charge in [-0.3, -0.25) is 0 Å². The zero-order valence-corrected chi connectivity index (χ0v) is 12.7. The lowest BCUT2D eigenvalue weighted by molar-refractivity contribution is -0.137. The maximum atomic E-state index is 12.8. The molecule has 0 amide bonds. The number of hydrogen-bond acceptors (Lipinski definition) is 2. The predicted octanol–water partition coefficient (Wildman–Crippen LogP) is 4.19. The molecule has 2 aromatic carbocycles. The summed E-state index contributed by atoms with van der Waals surface area (Å²) < 4.78 is 45.6. The lowest BCUT2D eigenvalue weighted by Gasteiger charge is -2.08. The van der Waals surface area contributed by atoms with Gasteiger partial charge >= 0.3 is 6.18 Å². The van der Waals surface area contributed by atoms with E-state index >= 15 is 0 Å². The van der Waals surface area contributed by atoms with Gasteiger partial charge in [0.05, 0.1) is 18.2 Å². The van der Waals surface area contributed by atoms with Gasteiger partial charge in [0, 0.05) is 13.5 Å². The van der Waals surface area contributed by atoms with Crippen LogP contribution in [0.1, 0.15) is 17.0 Å². The first kappa shape index (κ1) is 15.4. The Labute approximate surface area is 131 Å². The predicted molar refractivity (Wildman–Crippen MR) is 81.5 cm³/mol. The molecular formula is C17H15F3N2O. The van der Waals surface area contributed by atoms with E-state index in [1.807, 2.05) is 29.8 Å². The van der Waals surface area contributed by atoms with Gasteiger partial charge in [-0.1, -0.05) is 24.3 Å². The summed E-state index contributed by atoms with van der Waals surface area (Å²) in [5, 5.41) is 0. The Kier molecular flexibility index (Phi) is 3.75. The highest BCUT2D eigenvalue weighted by atomic mass is 19.4. The number of aromatic nitrogens is 2. The lowest BCUT2D eigenvalue weighted by Crippen LogP contribution is -2.06. The molecule has 0 saturated carbocycles. The molecule has 0 saturated heterocycles. The van der Waals surface area contributed by atoms with Crippen LogP contribution in [0.25, 0.3) is 11.0 Å². The summed E-state index contributed by atoms with van der Waals surface area (Å²) in [6, 6.07) is 10.9. The van der Waals surface area contributed by atoms with Crippen LogP contribution in [0.5, 0.6) is 5.75 Å². The Hall–Kier alpha value is -2.50. The van der Waals surface area contributed by atoms with Crippen molar-refractivity contribution in [1.82, 2.24) is 9.55 Å². The smallest absolute Gasteiger partial charge is 0.416 e. The average molecular weight is 320 g/mol. The zero-order chi connectivity index (χ0) is 16.6. The van der Waals surface area contributed by atoms with Crippen molar-refractivity contribution in [1.29, 1.82) is 0 Å². The van der Waals surface area contributed by atoms with E-state index in [9.17, 15) is 13.2 Å². The molecule has 3 aromatic rings. The van der Waals surface area contributed by atoms with E-state index in [1.54, 1.807) is 13.2 Å². The molecule has 1 heterocycles. The summed E-state index contributed by atoms with van der Waals surface area (Å²) >= 11 is 0. The number of rotatable bonds is 3.